The van der Waals surface area contributed by atoms with Crippen molar-refractivity contribution < 1.29 is 0 Å². The van der Waals surface area contributed by atoms with Crippen LogP contribution in [0.3, 0.4) is 0 Å². The Balaban J connectivity index is 2.18. The lowest BCUT2D eigenvalue weighted by Gasteiger charge is -2.23. The molecule has 1 aromatic rings. The van der Waals surface area contributed by atoms with Gasteiger partial charge in [-0.2, -0.15) is 5.26 Å². The van der Waals surface area contributed by atoms with Gasteiger partial charge >= 0.3 is 0 Å². The van der Waals surface area contributed by atoms with Gasteiger partial charge in [-0.15, -0.1) is 11.8 Å². The Morgan fingerprint density at radius 1 is 1.35 bits per heavy atom. The second-order valence-corrected chi connectivity index (χ2v) is 6.89. The highest BCUT2D eigenvalue weighted by molar-refractivity contribution is 7.99. The highest BCUT2D eigenvalue weighted by Crippen LogP contribution is 2.37. The van der Waals surface area contributed by atoms with E-state index in [0.29, 0.717) is 12.0 Å². The van der Waals surface area contributed by atoms with Gasteiger partial charge in [0.25, 0.3) is 0 Å². The number of anilines is 1. The van der Waals surface area contributed by atoms with Gasteiger partial charge in [0.2, 0.25) is 0 Å². The van der Waals surface area contributed by atoms with Gasteiger partial charge in [-0.1, -0.05) is 33.3 Å². The van der Waals surface area contributed by atoms with E-state index in [1.807, 2.05) is 12.1 Å². The fourth-order valence-electron chi connectivity index (χ4n) is 3.27. The number of nitrogens with one attached hydrogen (secondary N) is 1. The molecule has 0 spiro atoms. The van der Waals surface area contributed by atoms with E-state index in [1.165, 1.54) is 19.3 Å². The zero-order valence-corrected chi connectivity index (χ0v) is 13.5. The second kappa shape index (κ2) is 7.04. The molecular formula is C17H24N2S. The van der Waals surface area contributed by atoms with E-state index >= 15 is 0 Å². The Kier molecular flexibility index (Phi) is 5.37. The van der Waals surface area contributed by atoms with Gasteiger partial charge in [0.1, 0.15) is 6.07 Å². The predicted molar refractivity (Wildman–Crippen MR) is 87.1 cm³/mol. The van der Waals surface area contributed by atoms with Crippen molar-refractivity contribution in [2.45, 2.75) is 51.0 Å². The minimum absolute atomic E-state index is 0.508. The molecule has 1 N–H and O–H groups in total. The van der Waals surface area contributed by atoms with Crippen molar-refractivity contribution >= 4 is 17.4 Å². The highest BCUT2D eigenvalue weighted by atomic mass is 32.2. The summed E-state index contributed by atoms with van der Waals surface area (Å²) in [6.07, 6.45) is 3.78. The first kappa shape index (κ1) is 15.3. The van der Waals surface area contributed by atoms with Crippen molar-refractivity contribution in [1.82, 2.24) is 0 Å². The smallest absolute Gasteiger partial charge is 0.102 e. The van der Waals surface area contributed by atoms with Crippen molar-refractivity contribution in [3.63, 3.8) is 0 Å². The van der Waals surface area contributed by atoms with Crippen LogP contribution in [0.15, 0.2) is 23.1 Å². The molecule has 1 aliphatic carbocycles. The van der Waals surface area contributed by atoms with Crippen LogP contribution in [0.5, 0.6) is 0 Å². The third-order valence-electron chi connectivity index (χ3n) is 4.53. The molecule has 1 fully saturated rings. The number of nitriles is 1. The molecule has 3 heteroatoms. The molecule has 1 aliphatic rings. The van der Waals surface area contributed by atoms with Crippen LogP contribution in [0, 0.1) is 23.2 Å². The first-order chi connectivity index (χ1) is 9.71. The summed E-state index contributed by atoms with van der Waals surface area (Å²) in [4.78, 5) is 1.10. The van der Waals surface area contributed by atoms with Crippen LogP contribution in [0.1, 0.15) is 45.6 Å². The monoisotopic (exact) mass is 288 g/mol. The number of thioether (sulfide) groups is 1. The number of hydrogen-bond donors (Lipinski definition) is 1. The molecule has 2 rings (SSSR count). The van der Waals surface area contributed by atoms with Crippen LogP contribution < -0.4 is 5.32 Å². The summed E-state index contributed by atoms with van der Waals surface area (Å²) in [7, 11) is 0. The van der Waals surface area contributed by atoms with Crippen molar-refractivity contribution in [3.8, 4) is 6.07 Å². The fraction of sp³-hybridized carbons (Fsp3) is 0.588. The maximum atomic E-state index is 9.46. The Labute approximate surface area is 127 Å². The normalized spacial score (nSPS) is 25.4. The molecule has 0 aliphatic heterocycles. The highest BCUT2D eigenvalue weighted by Gasteiger charge is 2.31. The number of nitrogens with zero attached hydrogens (tertiary/aromatic N) is 1. The zero-order chi connectivity index (χ0) is 14.5. The van der Waals surface area contributed by atoms with Crippen LogP contribution in [0.25, 0.3) is 0 Å². The number of benzene rings is 1. The van der Waals surface area contributed by atoms with Crippen LogP contribution >= 0.6 is 11.8 Å². The van der Waals surface area contributed by atoms with E-state index in [4.69, 9.17) is 0 Å². The molecule has 1 saturated carbocycles. The molecule has 20 heavy (non-hydrogen) atoms. The minimum Gasteiger partial charge on any atom is -0.381 e. The molecular weight excluding hydrogens is 264 g/mol. The summed E-state index contributed by atoms with van der Waals surface area (Å²) in [6.45, 7) is 6.75. The third-order valence-corrected chi connectivity index (χ3v) is 5.47. The minimum atomic E-state index is 0.508. The van der Waals surface area contributed by atoms with Crippen LogP contribution in [0.4, 0.5) is 5.69 Å². The second-order valence-electron chi connectivity index (χ2n) is 5.58. The summed E-state index contributed by atoms with van der Waals surface area (Å²) in [5.74, 6) is 2.51. The average Bonchev–Trinajstić information content (AvgIpc) is 2.80. The van der Waals surface area contributed by atoms with E-state index in [-0.39, 0.29) is 0 Å². The van der Waals surface area contributed by atoms with Crippen LogP contribution in [0.2, 0.25) is 0 Å². The predicted octanol–water partition coefficient (Wildman–Crippen LogP) is 4.91. The topological polar surface area (TPSA) is 35.8 Å². The maximum Gasteiger partial charge on any atom is 0.102 e. The quantitative estimate of drug-likeness (QED) is 0.782. The summed E-state index contributed by atoms with van der Waals surface area (Å²) in [5, 5.41) is 13.1. The van der Waals surface area contributed by atoms with Crippen LogP contribution in [-0.2, 0) is 0 Å². The lowest BCUT2D eigenvalue weighted by molar-refractivity contribution is 0.392. The lowest BCUT2D eigenvalue weighted by Crippen LogP contribution is -2.25. The van der Waals surface area contributed by atoms with Gasteiger partial charge in [0, 0.05) is 10.9 Å². The van der Waals surface area contributed by atoms with Gasteiger partial charge < -0.3 is 5.32 Å². The SMILES string of the molecule is CCSc1cccc(NC2CCC(CC)C2C)c1C#N. The third kappa shape index (κ3) is 3.12. The molecule has 0 amide bonds. The molecule has 3 atom stereocenters. The Bertz CT molecular complexity index is 492. The molecule has 0 radical (unpaired) electrons. The van der Waals surface area contributed by atoms with Gasteiger partial charge in [0.15, 0.2) is 0 Å². The van der Waals surface area contributed by atoms with Crippen molar-refractivity contribution in [2.24, 2.45) is 11.8 Å². The molecule has 3 unspecified atom stereocenters. The average molecular weight is 288 g/mol. The van der Waals surface area contributed by atoms with Crippen molar-refractivity contribution in [3.05, 3.63) is 23.8 Å². The summed E-state index contributed by atoms with van der Waals surface area (Å²) >= 11 is 1.74. The lowest BCUT2D eigenvalue weighted by atomic mass is 9.93. The zero-order valence-electron chi connectivity index (χ0n) is 12.6. The number of hydrogen-bond acceptors (Lipinski definition) is 3. The summed E-state index contributed by atoms with van der Waals surface area (Å²) in [6, 6.07) is 9.03. The molecule has 1 aromatic carbocycles. The summed E-state index contributed by atoms with van der Waals surface area (Å²) < 4.78 is 0. The molecule has 0 bridgehead atoms. The van der Waals surface area contributed by atoms with E-state index in [1.54, 1.807) is 11.8 Å². The molecule has 108 valence electrons. The largest absolute Gasteiger partial charge is 0.381 e. The summed E-state index contributed by atoms with van der Waals surface area (Å²) in [5.41, 5.74) is 1.83. The molecule has 0 saturated heterocycles. The Morgan fingerprint density at radius 3 is 2.75 bits per heavy atom. The van der Waals surface area contributed by atoms with Crippen molar-refractivity contribution in [1.29, 1.82) is 5.26 Å². The van der Waals surface area contributed by atoms with E-state index < -0.39 is 0 Å². The molecule has 0 aromatic heterocycles. The van der Waals surface area contributed by atoms with E-state index in [2.05, 4.69) is 38.2 Å². The van der Waals surface area contributed by atoms with Gasteiger partial charge in [-0.05, 0) is 42.6 Å². The van der Waals surface area contributed by atoms with Gasteiger partial charge in [-0.25, -0.2) is 0 Å². The molecule has 2 nitrogen and oxygen atoms in total. The van der Waals surface area contributed by atoms with Gasteiger partial charge in [-0.3, -0.25) is 0 Å². The first-order valence-electron chi connectivity index (χ1n) is 7.63. The van der Waals surface area contributed by atoms with Gasteiger partial charge in [0.05, 0.1) is 11.3 Å². The van der Waals surface area contributed by atoms with Crippen LogP contribution in [-0.4, -0.2) is 11.8 Å². The standard InChI is InChI=1S/C17H24N2S/c1-4-13-9-10-15(12(13)3)19-16-7-6-8-17(20-5-2)14(16)11-18/h6-8,12-13,15,19H,4-5,9-10H2,1-3H3. The van der Waals surface area contributed by atoms with E-state index in [9.17, 15) is 5.26 Å². The fourth-order valence-corrected chi connectivity index (χ4v) is 4.06. The first-order valence-corrected chi connectivity index (χ1v) is 8.62. The maximum absolute atomic E-state index is 9.46. The Hall–Kier alpha value is -1.14. The number of rotatable bonds is 5. The van der Waals surface area contributed by atoms with Crippen molar-refractivity contribution in [2.75, 3.05) is 11.1 Å². The molecule has 0 heterocycles. The van der Waals surface area contributed by atoms with E-state index in [0.717, 1.165) is 27.8 Å². The Morgan fingerprint density at radius 2 is 2.15 bits per heavy atom.